The highest BCUT2D eigenvalue weighted by atomic mass is 79.9. The van der Waals surface area contributed by atoms with Crippen LogP contribution in [-0.2, 0) is 14.8 Å². The highest BCUT2D eigenvalue weighted by Gasteiger charge is 2.46. The molecule has 0 spiro atoms. The first-order chi connectivity index (χ1) is 9.58. The summed E-state index contributed by atoms with van der Waals surface area (Å²) in [6, 6.07) is 4.44. The molecule has 1 aromatic rings. The van der Waals surface area contributed by atoms with Crippen LogP contribution < -0.4 is 5.73 Å². The van der Waals surface area contributed by atoms with Gasteiger partial charge in [0, 0.05) is 30.3 Å². The van der Waals surface area contributed by atoms with Gasteiger partial charge < -0.3 is 10.6 Å². The topological polar surface area (TPSA) is 83.7 Å². The highest BCUT2D eigenvalue weighted by Crippen LogP contribution is 2.31. The van der Waals surface area contributed by atoms with Crippen molar-refractivity contribution in [1.82, 2.24) is 9.21 Å². The average molecular weight is 376 g/mol. The maximum absolute atomic E-state index is 12.8. The molecule has 0 unspecified atom stereocenters. The summed E-state index contributed by atoms with van der Waals surface area (Å²) in [7, 11) is -2.09. The molecule has 1 saturated heterocycles. The number of rotatable bonds is 2. The quantitative estimate of drug-likeness (QED) is 0.788. The number of nitrogens with two attached hydrogens (primary N) is 1. The van der Waals surface area contributed by atoms with E-state index in [-0.39, 0.29) is 17.3 Å². The fraction of sp³-hybridized carbons (Fsp3) is 0.462. The standard InChI is InChI=1S/C13H18BrN3O3S/c1-13(2)12(18)16(3)6-7-17(13)21(19,20)9-4-5-11(15)10(14)8-9/h4-5,8H,6-7,15H2,1-3H3. The molecule has 0 bridgehead atoms. The van der Waals surface area contributed by atoms with E-state index in [4.69, 9.17) is 5.73 Å². The second-order valence-corrected chi connectivity index (χ2v) is 8.26. The molecule has 21 heavy (non-hydrogen) atoms. The minimum Gasteiger partial charge on any atom is -0.398 e. The number of nitrogen functional groups attached to an aromatic ring is 1. The first-order valence-corrected chi connectivity index (χ1v) is 8.65. The van der Waals surface area contributed by atoms with E-state index in [2.05, 4.69) is 15.9 Å². The Kier molecular flexibility index (Phi) is 4.07. The molecule has 1 aromatic carbocycles. The summed E-state index contributed by atoms with van der Waals surface area (Å²) in [5, 5.41) is 0. The van der Waals surface area contributed by atoms with E-state index >= 15 is 0 Å². The Hall–Kier alpha value is -1.12. The van der Waals surface area contributed by atoms with Crippen LogP contribution in [0, 0.1) is 0 Å². The number of amides is 1. The molecule has 1 fully saturated rings. The van der Waals surface area contributed by atoms with Crippen molar-refractivity contribution >= 4 is 37.5 Å². The molecule has 1 aliphatic heterocycles. The number of hydrogen-bond acceptors (Lipinski definition) is 4. The van der Waals surface area contributed by atoms with Crippen LogP contribution in [0.15, 0.2) is 27.6 Å². The van der Waals surface area contributed by atoms with E-state index < -0.39 is 15.6 Å². The predicted molar refractivity (Wildman–Crippen MR) is 84.2 cm³/mol. The van der Waals surface area contributed by atoms with Gasteiger partial charge in [0.1, 0.15) is 5.54 Å². The zero-order chi connectivity index (χ0) is 16.0. The average Bonchev–Trinajstić information content (AvgIpc) is 2.38. The summed E-state index contributed by atoms with van der Waals surface area (Å²) in [5.41, 5.74) is 5.04. The minimum absolute atomic E-state index is 0.119. The van der Waals surface area contributed by atoms with Gasteiger partial charge in [-0.25, -0.2) is 8.42 Å². The largest absolute Gasteiger partial charge is 0.398 e. The molecule has 0 saturated carbocycles. The summed E-state index contributed by atoms with van der Waals surface area (Å²) < 4.78 is 27.4. The van der Waals surface area contributed by atoms with Crippen molar-refractivity contribution in [2.45, 2.75) is 24.3 Å². The maximum Gasteiger partial charge on any atom is 0.244 e. The summed E-state index contributed by atoms with van der Waals surface area (Å²) in [6.07, 6.45) is 0. The Morgan fingerprint density at radius 1 is 1.29 bits per heavy atom. The minimum atomic E-state index is -3.76. The Morgan fingerprint density at radius 2 is 1.90 bits per heavy atom. The van der Waals surface area contributed by atoms with Crippen molar-refractivity contribution in [2.75, 3.05) is 25.9 Å². The van der Waals surface area contributed by atoms with Crippen LogP contribution in [-0.4, -0.2) is 49.2 Å². The monoisotopic (exact) mass is 375 g/mol. The fourth-order valence-electron chi connectivity index (χ4n) is 2.41. The molecule has 0 radical (unpaired) electrons. The SMILES string of the molecule is CN1CCN(S(=O)(=O)c2ccc(N)c(Br)c2)C(C)(C)C1=O. The second kappa shape index (κ2) is 5.26. The van der Waals surface area contributed by atoms with E-state index in [0.717, 1.165) is 0 Å². The van der Waals surface area contributed by atoms with Gasteiger partial charge in [0.2, 0.25) is 15.9 Å². The van der Waals surface area contributed by atoms with Gasteiger partial charge in [-0.05, 0) is 48.0 Å². The number of sulfonamides is 1. The molecule has 0 atom stereocenters. The van der Waals surface area contributed by atoms with Crippen LogP contribution in [0.25, 0.3) is 0 Å². The Bertz CT molecular complexity index is 688. The van der Waals surface area contributed by atoms with E-state index in [1.807, 2.05) is 0 Å². The zero-order valence-corrected chi connectivity index (χ0v) is 14.5. The van der Waals surface area contributed by atoms with Crippen molar-refractivity contribution in [3.63, 3.8) is 0 Å². The normalized spacial score (nSPS) is 19.8. The van der Waals surface area contributed by atoms with Gasteiger partial charge in [-0.2, -0.15) is 4.31 Å². The summed E-state index contributed by atoms with van der Waals surface area (Å²) >= 11 is 3.23. The lowest BCUT2D eigenvalue weighted by Gasteiger charge is -2.43. The fourth-order valence-corrected chi connectivity index (χ4v) is 4.70. The molecule has 1 aliphatic rings. The predicted octanol–water partition coefficient (Wildman–Crippen LogP) is 1.27. The molecule has 2 rings (SSSR count). The van der Waals surface area contributed by atoms with E-state index in [9.17, 15) is 13.2 Å². The van der Waals surface area contributed by atoms with Gasteiger partial charge in [0.05, 0.1) is 4.90 Å². The maximum atomic E-state index is 12.8. The van der Waals surface area contributed by atoms with Crippen LogP contribution in [0.4, 0.5) is 5.69 Å². The van der Waals surface area contributed by atoms with Crippen molar-refractivity contribution in [3.05, 3.63) is 22.7 Å². The third-order valence-corrected chi connectivity index (χ3v) is 6.45. The van der Waals surface area contributed by atoms with Crippen molar-refractivity contribution < 1.29 is 13.2 Å². The van der Waals surface area contributed by atoms with Crippen LogP contribution in [0.2, 0.25) is 0 Å². The molecule has 1 heterocycles. The van der Waals surface area contributed by atoms with Crippen LogP contribution in [0.5, 0.6) is 0 Å². The third-order valence-electron chi connectivity index (χ3n) is 3.69. The molecule has 0 aromatic heterocycles. The number of hydrogen-bond donors (Lipinski definition) is 1. The van der Waals surface area contributed by atoms with Crippen molar-refractivity contribution in [1.29, 1.82) is 0 Å². The van der Waals surface area contributed by atoms with Crippen molar-refractivity contribution in [2.24, 2.45) is 0 Å². The van der Waals surface area contributed by atoms with Gasteiger partial charge in [-0.3, -0.25) is 4.79 Å². The molecule has 2 N–H and O–H groups in total. The lowest BCUT2D eigenvalue weighted by Crippen LogP contribution is -2.63. The van der Waals surface area contributed by atoms with Gasteiger partial charge >= 0.3 is 0 Å². The first-order valence-electron chi connectivity index (χ1n) is 6.42. The molecule has 1 amide bonds. The van der Waals surface area contributed by atoms with Crippen molar-refractivity contribution in [3.8, 4) is 0 Å². The number of carbonyl (C=O) groups excluding carboxylic acids is 1. The summed E-state index contributed by atoms with van der Waals surface area (Å²) in [4.78, 5) is 13.9. The Balaban J connectivity index is 2.48. The summed E-state index contributed by atoms with van der Waals surface area (Å²) in [5.74, 6) is -0.216. The van der Waals surface area contributed by atoms with Gasteiger partial charge in [0.25, 0.3) is 0 Å². The summed E-state index contributed by atoms with van der Waals surface area (Å²) in [6.45, 7) is 3.88. The molecule has 6 nitrogen and oxygen atoms in total. The number of halogens is 1. The molecular weight excluding hydrogens is 358 g/mol. The zero-order valence-electron chi connectivity index (χ0n) is 12.1. The van der Waals surface area contributed by atoms with Crippen LogP contribution in [0.3, 0.4) is 0 Å². The number of nitrogens with zero attached hydrogens (tertiary/aromatic N) is 2. The van der Waals surface area contributed by atoms with E-state index in [1.165, 1.54) is 22.5 Å². The highest BCUT2D eigenvalue weighted by molar-refractivity contribution is 9.10. The molecule has 8 heteroatoms. The number of benzene rings is 1. The van der Waals surface area contributed by atoms with Gasteiger partial charge in [0.15, 0.2) is 0 Å². The van der Waals surface area contributed by atoms with Crippen LogP contribution >= 0.6 is 15.9 Å². The van der Waals surface area contributed by atoms with E-state index in [0.29, 0.717) is 16.7 Å². The lowest BCUT2D eigenvalue weighted by atomic mass is 10.0. The second-order valence-electron chi connectivity index (χ2n) is 5.55. The smallest absolute Gasteiger partial charge is 0.244 e. The lowest BCUT2D eigenvalue weighted by molar-refractivity contribution is -0.142. The number of anilines is 1. The van der Waals surface area contributed by atoms with Gasteiger partial charge in [-0.1, -0.05) is 0 Å². The first kappa shape index (κ1) is 16.3. The number of carbonyl (C=O) groups is 1. The number of piperazine rings is 1. The van der Waals surface area contributed by atoms with Crippen LogP contribution in [0.1, 0.15) is 13.8 Å². The Morgan fingerprint density at radius 3 is 2.48 bits per heavy atom. The number of likely N-dealkylation sites (N-methyl/N-ethyl adjacent to an activating group) is 1. The molecular formula is C13H18BrN3O3S. The Labute approximate surface area is 133 Å². The molecule has 0 aliphatic carbocycles. The van der Waals surface area contributed by atoms with Gasteiger partial charge in [-0.15, -0.1) is 0 Å². The molecule has 116 valence electrons. The van der Waals surface area contributed by atoms with E-state index in [1.54, 1.807) is 25.8 Å². The third kappa shape index (κ3) is 2.67.